The first-order valence-corrected chi connectivity index (χ1v) is 5.13. The molecule has 0 radical (unpaired) electrons. The fourth-order valence-corrected chi connectivity index (χ4v) is 2.34. The summed E-state index contributed by atoms with van der Waals surface area (Å²) in [6.07, 6.45) is 4.34. The largest absolute Gasteiger partial charge is 0.379 e. The van der Waals surface area contributed by atoms with Crippen LogP contribution in [0.1, 0.15) is 19.3 Å². The Hall–Kier alpha value is 0.400. The Morgan fingerprint density at radius 3 is 2.64 bits per heavy atom. The van der Waals surface area contributed by atoms with E-state index in [-0.39, 0.29) is 0 Å². The first-order chi connectivity index (χ1) is 5.34. The molecule has 0 aromatic rings. The van der Waals surface area contributed by atoms with Crippen LogP contribution in [0.5, 0.6) is 0 Å². The van der Waals surface area contributed by atoms with Gasteiger partial charge in [-0.2, -0.15) is 0 Å². The van der Waals surface area contributed by atoms with Crippen molar-refractivity contribution in [2.24, 2.45) is 0 Å². The average Bonchev–Trinajstić information content (AvgIpc) is 2.36. The van der Waals surface area contributed by atoms with Gasteiger partial charge in [0.1, 0.15) is 0 Å². The Morgan fingerprint density at radius 2 is 2.09 bits per heavy atom. The molecule has 0 N–H and O–H groups in total. The second kappa shape index (κ2) is 3.42. The van der Waals surface area contributed by atoms with E-state index in [0.29, 0.717) is 17.0 Å². The highest BCUT2D eigenvalue weighted by molar-refractivity contribution is 9.09. The molecule has 0 bridgehead atoms. The average molecular weight is 221 g/mol. The van der Waals surface area contributed by atoms with Crippen LogP contribution in [0.3, 0.4) is 0 Å². The first kappa shape index (κ1) is 8.02. The lowest BCUT2D eigenvalue weighted by Gasteiger charge is -2.32. The fraction of sp³-hybridized carbons (Fsp3) is 1.00. The molecule has 2 aliphatic rings. The SMILES string of the molecule is BrC1CC(OC2CCOC2)C1. The van der Waals surface area contributed by atoms with Crippen molar-refractivity contribution in [2.75, 3.05) is 13.2 Å². The number of halogens is 1. The Labute approximate surface area is 75.4 Å². The minimum absolute atomic E-state index is 0.389. The molecule has 1 heterocycles. The topological polar surface area (TPSA) is 18.5 Å². The van der Waals surface area contributed by atoms with Crippen LogP contribution in [0.15, 0.2) is 0 Å². The van der Waals surface area contributed by atoms with Crippen molar-refractivity contribution in [2.45, 2.75) is 36.3 Å². The van der Waals surface area contributed by atoms with Gasteiger partial charge in [0.25, 0.3) is 0 Å². The van der Waals surface area contributed by atoms with Gasteiger partial charge in [0.2, 0.25) is 0 Å². The third-order valence-electron chi connectivity index (χ3n) is 2.31. The maximum Gasteiger partial charge on any atom is 0.0834 e. The minimum Gasteiger partial charge on any atom is -0.379 e. The Balaban J connectivity index is 1.66. The summed E-state index contributed by atoms with van der Waals surface area (Å²) < 4.78 is 11.0. The Bertz CT molecular complexity index is 128. The van der Waals surface area contributed by atoms with Crippen LogP contribution in [0.4, 0.5) is 0 Å². The normalized spacial score (nSPS) is 43.9. The molecule has 0 spiro atoms. The summed E-state index contributed by atoms with van der Waals surface area (Å²) in [5.74, 6) is 0. The van der Waals surface area contributed by atoms with Gasteiger partial charge >= 0.3 is 0 Å². The second-order valence-electron chi connectivity index (χ2n) is 3.31. The van der Waals surface area contributed by atoms with Gasteiger partial charge in [-0.25, -0.2) is 0 Å². The van der Waals surface area contributed by atoms with Crippen LogP contribution >= 0.6 is 15.9 Å². The smallest absolute Gasteiger partial charge is 0.0834 e. The molecule has 1 aliphatic heterocycles. The highest BCUT2D eigenvalue weighted by atomic mass is 79.9. The summed E-state index contributed by atoms with van der Waals surface area (Å²) in [6.45, 7) is 1.69. The Kier molecular flexibility index (Phi) is 2.49. The third kappa shape index (κ3) is 1.95. The standard InChI is InChI=1S/C8H13BrO2/c9-6-3-8(4-6)11-7-1-2-10-5-7/h6-8H,1-5H2. The molecular weight excluding hydrogens is 208 g/mol. The van der Waals surface area contributed by atoms with Crippen molar-refractivity contribution >= 4 is 15.9 Å². The Morgan fingerprint density at radius 1 is 1.27 bits per heavy atom. The molecule has 0 aromatic carbocycles. The molecule has 1 saturated heterocycles. The van der Waals surface area contributed by atoms with Crippen LogP contribution in [-0.2, 0) is 9.47 Å². The van der Waals surface area contributed by atoms with Crippen molar-refractivity contribution in [3.8, 4) is 0 Å². The van der Waals surface area contributed by atoms with Crippen LogP contribution < -0.4 is 0 Å². The zero-order chi connectivity index (χ0) is 7.68. The van der Waals surface area contributed by atoms with Crippen molar-refractivity contribution in [1.82, 2.24) is 0 Å². The van der Waals surface area contributed by atoms with Gasteiger partial charge in [-0.3, -0.25) is 0 Å². The number of ether oxygens (including phenoxy) is 2. The van der Waals surface area contributed by atoms with Gasteiger partial charge < -0.3 is 9.47 Å². The van der Waals surface area contributed by atoms with Crippen molar-refractivity contribution in [3.63, 3.8) is 0 Å². The van der Waals surface area contributed by atoms with E-state index in [1.165, 1.54) is 12.8 Å². The van der Waals surface area contributed by atoms with E-state index in [1.54, 1.807) is 0 Å². The zero-order valence-electron chi connectivity index (χ0n) is 6.46. The fourth-order valence-electron chi connectivity index (χ4n) is 1.50. The molecule has 3 heteroatoms. The monoisotopic (exact) mass is 220 g/mol. The number of hydrogen-bond donors (Lipinski definition) is 0. The zero-order valence-corrected chi connectivity index (χ0v) is 8.05. The minimum atomic E-state index is 0.389. The number of rotatable bonds is 2. The maximum absolute atomic E-state index is 5.76. The van der Waals surface area contributed by atoms with E-state index in [2.05, 4.69) is 15.9 Å². The van der Waals surface area contributed by atoms with E-state index in [4.69, 9.17) is 9.47 Å². The van der Waals surface area contributed by atoms with Crippen LogP contribution in [0, 0.1) is 0 Å². The van der Waals surface area contributed by atoms with E-state index in [9.17, 15) is 0 Å². The van der Waals surface area contributed by atoms with Crippen molar-refractivity contribution < 1.29 is 9.47 Å². The quantitative estimate of drug-likeness (QED) is 0.661. The van der Waals surface area contributed by atoms with Gasteiger partial charge in [-0.1, -0.05) is 15.9 Å². The highest BCUT2D eigenvalue weighted by Gasteiger charge is 2.30. The molecule has 1 unspecified atom stereocenters. The first-order valence-electron chi connectivity index (χ1n) is 4.22. The number of alkyl halides is 1. The summed E-state index contributed by atoms with van der Waals surface area (Å²) >= 11 is 3.54. The van der Waals surface area contributed by atoms with E-state index in [1.807, 2.05) is 0 Å². The molecule has 64 valence electrons. The maximum atomic E-state index is 5.76. The molecule has 2 nitrogen and oxygen atoms in total. The highest BCUT2D eigenvalue weighted by Crippen LogP contribution is 2.31. The lowest BCUT2D eigenvalue weighted by Crippen LogP contribution is -2.35. The number of hydrogen-bond acceptors (Lipinski definition) is 2. The van der Waals surface area contributed by atoms with Crippen molar-refractivity contribution in [3.05, 3.63) is 0 Å². The van der Waals surface area contributed by atoms with Gasteiger partial charge in [0.05, 0.1) is 18.8 Å². The molecule has 0 aromatic heterocycles. The summed E-state index contributed by atoms with van der Waals surface area (Å²) in [6, 6.07) is 0. The molecular formula is C8H13BrO2. The van der Waals surface area contributed by atoms with Crippen LogP contribution in [0.2, 0.25) is 0 Å². The molecule has 11 heavy (non-hydrogen) atoms. The predicted molar refractivity (Wildman–Crippen MR) is 46.0 cm³/mol. The van der Waals surface area contributed by atoms with Gasteiger partial charge in [-0.15, -0.1) is 0 Å². The van der Waals surface area contributed by atoms with Crippen LogP contribution in [0.25, 0.3) is 0 Å². The van der Waals surface area contributed by atoms with Crippen molar-refractivity contribution in [1.29, 1.82) is 0 Å². The molecule has 1 saturated carbocycles. The summed E-state index contributed by atoms with van der Waals surface area (Å²) in [5.41, 5.74) is 0. The van der Waals surface area contributed by atoms with E-state index < -0.39 is 0 Å². The lowest BCUT2D eigenvalue weighted by atomic mass is 9.96. The molecule has 0 amide bonds. The van der Waals surface area contributed by atoms with Gasteiger partial charge in [-0.05, 0) is 19.3 Å². The van der Waals surface area contributed by atoms with Gasteiger partial charge in [0, 0.05) is 11.4 Å². The summed E-state index contributed by atoms with van der Waals surface area (Å²) in [5, 5.41) is 0. The molecule has 1 aliphatic carbocycles. The second-order valence-corrected chi connectivity index (χ2v) is 4.61. The third-order valence-corrected chi connectivity index (χ3v) is 3.06. The van der Waals surface area contributed by atoms with E-state index >= 15 is 0 Å². The van der Waals surface area contributed by atoms with Crippen LogP contribution in [-0.4, -0.2) is 30.2 Å². The summed E-state index contributed by atoms with van der Waals surface area (Å²) in [7, 11) is 0. The summed E-state index contributed by atoms with van der Waals surface area (Å²) in [4.78, 5) is 0.704. The molecule has 2 rings (SSSR count). The lowest BCUT2D eigenvalue weighted by molar-refractivity contribution is -0.0486. The molecule has 1 atom stereocenters. The predicted octanol–water partition coefficient (Wildman–Crippen LogP) is 1.72. The van der Waals surface area contributed by atoms with E-state index in [0.717, 1.165) is 19.6 Å². The van der Waals surface area contributed by atoms with Gasteiger partial charge in [0.15, 0.2) is 0 Å². The molecule has 2 fully saturated rings.